The third kappa shape index (κ3) is 2.99. The summed E-state index contributed by atoms with van der Waals surface area (Å²) in [6, 6.07) is 0. The van der Waals surface area contributed by atoms with Crippen LogP contribution < -0.4 is 5.32 Å². The van der Waals surface area contributed by atoms with Gasteiger partial charge in [-0.3, -0.25) is 4.90 Å². The highest BCUT2D eigenvalue weighted by Gasteiger charge is 2.09. The summed E-state index contributed by atoms with van der Waals surface area (Å²) < 4.78 is 5.33. The summed E-state index contributed by atoms with van der Waals surface area (Å²) in [7, 11) is 0. The zero-order chi connectivity index (χ0) is 12.9. The highest BCUT2D eigenvalue weighted by molar-refractivity contribution is 5.81. The first-order valence-electron chi connectivity index (χ1n) is 6.61. The minimum atomic E-state index is 0.700. The Balaban J connectivity index is 1.48. The Morgan fingerprint density at radius 2 is 2.16 bits per heavy atom. The van der Waals surface area contributed by atoms with Crippen LogP contribution in [-0.2, 0) is 4.74 Å². The lowest BCUT2D eigenvalue weighted by atomic mass is 10.3. The molecule has 0 aliphatic carbocycles. The Labute approximate surface area is 111 Å². The van der Waals surface area contributed by atoms with Crippen molar-refractivity contribution in [1.82, 2.24) is 24.8 Å². The first-order valence-corrected chi connectivity index (χ1v) is 6.61. The number of morpholine rings is 1. The number of rotatable bonds is 5. The molecular weight excluding hydrogens is 244 g/mol. The number of imidazole rings is 1. The fourth-order valence-corrected chi connectivity index (χ4v) is 2.23. The molecule has 0 unspecified atom stereocenters. The topological polar surface area (TPSA) is 79.0 Å². The van der Waals surface area contributed by atoms with Crippen molar-refractivity contribution in [2.75, 3.05) is 44.7 Å². The van der Waals surface area contributed by atoms with E-state index in [1.165, 1.54) is 6.33 Å². The van der Waals surface area contributed by atoms with Crippen LogP contribution in [0.1, 0.15) is 6.42 Å². The van der Waals surface area contributed by atoms with E-state index < -0.39 is 0 Å². The lowest BCUT2D eigenvalue weighted by Gasteiger charge is -2.26. The van der Waals surface area contributed by atoms with E-state index in [0.717, 1.165) is 57.1 Å². The van der Waals surface area contributed by atoms with Crippen LogP contribution in [-0.4, -0.2) is 64.2 Å². The monoisotopic (exact) mass is 262 g/mol. The molecule has 3 heterocycles. The molecule has 1 fully saturated rings. The van der Waals surface area contributed by atoms with Crippen LogP contribution in [0.4, 0.5) is 5.82 Å². The molecule has 102 valence electrons. The minimum Gasteiger partial charge on any atom is -0.379 e. The van der Waals surface area contributed by atoms with Gasteiger partial charge in [-0.2, -0.15) is 0 Å². The van der Waals surface area contributed by atoms with Gasteiger partial charge in [0.1, 0.15) is 11.8 Å². The molecule has 0 radical (unpaired) electrons. The molecule has 3 rings (SSSR count). The smallest absolute Gasteiger partial charge is 0.182 e. The van der Waals surface area contributed by atoms with E-state index in [1.807, 2.05) is 0 Å². The molecule has 0 bridgehead atoms. The van der Waals surface area contributed by atoms with Crippen molar-refractivity contribution in [3.63, 3.8) is 0 Å². The third-order valence-electron chi connectivity index (χ3n) is 3.27. The van der Waals surface area contributed by atoms with Crippen LogP contribution in [0.15, 0.2) is 12.7 Å². The van der Waals surface area contributed by atoms with Crippen LogP contribution >= 0.6 is 0 Å². The normalized spacial score (nSPS) is 16.8. The van der Waals surface area contributed by atoms with Gasteiger partial charge < -0.3 is 15.0 Å². The number of ether oxygens (including phenoxy) is 1. The Hall–Kier alpha value is -1.73. The van der Waals surface area contributed by atoms with Gasteiger partial charge in [-0.25, -0.2) is 15.0 Å². The van der Waals surface area contributed by atoms with Crippen LogP contribution in [0.2, 0.25) is 0 Å². The van der Waals surface area contributed by atoms with E-state index in [0.29, 0.717) is 5.65 Å². The molecule has 2 aromatic rings. The maximum absolute atomic E-state index is 5.33. The molecule has 1 saturated heterocycles. The Bertz CT molecular complexity index is 522. The van der Waals surface area contributed by atoms with Crippen molar-refractivity contribution >= 4 is 17.0 Å². The van der Waals surface area contributed by atoms with Gasteiger partial charge in [-0.1, -0.05) is 0 Å². The fraction of sp³-hybridized carbons (Fsp3) is 0.583. The number of hydrogen-bond acceptors (Lipinski definition) is 6. The molecule has 0 amide bonds. The van der Waals surface area contributed by atoms with Crippen molar-refractivity contribution in [2.45, 2.75) is 6.42 Å². The summed E-state index contributed by atoms with van der Waals surface area (Å²) in [5.74, 6) is 0.824. The molecule has 7 heteroatoms. The second-order valence-corrected chi connectivity index (χ2v) is 4.56. The highest BCUT2D eigenvalue weighted by atomic mass is 16.5. The van der Waals surface area contributed by atoms with Gasteiger partial charge in [0.2, 0.25) is 0 Å². The standard InChI is InChI=1S/C12H18N6O/c1(3-18-4-6-19-7-5-18)2-13-11-10-12(15-8-14-10)17-9-16-11/h8-9H,1-7H2,(H2,13,14,15,16,17). The minimum absolute atomic E-state index is 0.700. The average molecular weight is 262 g/mol. The molecule has 1 aliphatic heterocycles. The Morgan fingerprint density at radius 3 is 3.05 bits per heavy atom. The summed E-state index contributed by atoms with van der Waals surface area (Å²) in [4.78, 5) is 17.9. The predicted molar refractivity (Wildman–Crippen MR) is 72.0 cm³/mol. The summed E-state index contributed by atoms with van der Waals surface area (Å²) in [5.41, 5.74) is 1.57. The molecule has 1 aliphatic rings. The summed E-state index contributed by atoms with van der Waals surface area (Å²) in [6.45, 7) is 5.77. The molecule has 19 heavy (non-hydrogen) atoms. The van der Waals surface area contributed by atoms with Crippen molar-refractivity contribution in [1.29, 1.82) is 0 Å². The fourth-order valence-electron chi connectivity index (χ4n) is 2.23. The van der Waals surface area contributed by atoms with E-state index in [9.17, 15) is 0 Å². The number of nitrogens with zero attached hydrogens (tertiary/aromatic N) is 4. The van der Waals surface area contributed by atoms with Gasteiger partial charge in [0, 0.05) is 19.6 Å². The number of hydrogen-bond donors (Lipinski definition) is 2. The summed E-state index contributed by atoms with van der Waals surface area (Å²) in [6.07, 6.45) is 4.26. The van der Waals surface area contributed by atoms with Gasteiger partial charge in [-0.15, -0.1) is 0 Å². The van der Waals surface area contributed by atoms with Crippen molar-refractivity contribution in [2.24, 2.45) is 0 Å². The van der Waals surface area contributed by atoms with Gasteiger partial charge in [0.05, 0.1) is 19.5 Å². The van der Waals surface area contributed by atoms with Gasteiger partial charge in [0.15, 0.2) is 11.5 Å². The van der Waals surface area contributed by atoms with Crippen molar-refractivity contribution in [3.8, 4) is 0 Å². The number of fused-ring (bicyclic) bond motifs is 1. The SMILES string of the molecule is c1nc(NCCCN2CCOCC2)c2[nH]cnc2n1. The molecule has 2 aromatic heterocycles. The molecule has 7 nitrogen and oxygen atoms in total. The van der Waals surface area contributed by atoms with Crippen LogP contribution in [0.3, 0.4) is 0 Å². The second kappa shape index (κ2) is 5.94. The molecule has 0 spiro atoms. The van der Waals surface area contributed by atoms with Crippen molar-refractivity contribution < 1.29 is 4.74 Å². The molecule has 0 atom stereocenters. The number of aromatic nitrogens is 4. The third-order valence-corrected chi connectivity index (χ3v) is 3.27. The first-order chi connectivity index (χ1) is 9.43. The van der Waals surface area contributed by atoms with E-state index in [-0.39, 0.29) is 0 Å². The second-order valence-electron chi connectivity index (χ2n) is 4.56. The van der Waals surface area contributed by atoms with E-state index in [1.54, 1.807) is 6.33 Å². The predicted octanol–water partition coefficient (Wildman–Crippen LogP) is 0.487. The van der Waals surface area contributed by atoms with Crippen LogP contribution in [0.25, 0.3) is 11.2 Å². The van der Waals surface area contributed by atoms with Gasteiger partial charge in [-0.05, 0) is 13.0 Å². The van der Waals surface area contributed by atoms with Crippen LogP contribution in [0, 0.1) is 0 Å². The quantitative estimate of drug-likeness (QED) is 0.763. The summed E-state index contributed by atoms with van der Waals surface area (Å²) >= 11 is 0. The average Bonchev–Trinajstić information content (AvgIpc) is 2.94. The molecule has 0 saturated carbocycles. The van der Waals surface area contributed by atoms with E-state index >= 15 is 0 Å². The number of H-pyrrole nitrogens is 1. The molecule has 2 N–H and O–H groups in total. The molecular formula is C12H18N6O. The highest BCUT2D eigenvalue weighted by Crippen LogP contribution is 2.13. The zero-order valence-electron chi connectivity index (χ0n) is 10.8. The van der Waals surface area contributed by atoms with Gasteiger partial charge >= 0.3 is 0 Å². The van der Waals surface area contributed by atoms with Crippen LogP contribution in [0.5, 0.6) is 0 Å². The Kier molecular flexibility index (Phi) is 3.85. The number of nitrogens with one attached hydrogen (secondary N) is 2. The lowest BCUT2D eigenvalue weighted by Crippen LogP contribution is -2.37. The van der Waals surface area contributed by atoms with Crippen molar-refractivity contribution in [3.05, 3.63) is 12.7 Å². The Morgan fingerprint density at radius 1 is 1.26 bits per heavy atom. The number of anilines is 1. The maximum Gasteiger partial charge on any atom is 0.182 e. The van der Waals surface area contributed by atoms with E-state index in [4.69, 9.17) is 4.74 Å². The zero-order valence-corrected chi connectivity index (χ0v) is 10.8. The van der Waals surface area contributed by atoms with E-state index in [2.05, 4.69) is 30.2 Å². The maximum atomic E-state index is 5.33. The summed E-state index contributed by atoms with van der Waals surface area (Å²) in [5, 5.41) is 3.33. The van der Waals surface area contributed by atoms with Gasteiger partial charge in [0.25, 0.3) is 0 Å². The molecule has 0 aromatic carbocycles. The number of aromatic amines is 1. The first kappa shape index (κ1) is 12.3. The largest absolute Gasteiger partial charge is 0.379 e. The lowest BCUT2D eigenvalue weighted by molar-refractivity contribution is 0.0378.